The molecule has 0 atom stereocenters. The summed E-state index contributed by atoms with van der Waals surface area (Å²) in [6, 6.07) is 6.14. The Hall–Kier alpha value is -1.77. The van der Waals surface area contributed by atoms with Crippen molar-refractivity contribution in [3.63, 3.8) is 0 Å². The molecule has 0 radical (unpaired) electrons. The first kappa shape index (κ1) is 14.6. The molecule has 1 heterocycles. The van der Waals surface area contributed by atoms with Crippen molar-refractivity contribution in [1.82, 2.24) is 4.98 Å². The largest absolute Gasteiger partial charge is 0.494 e. The monoisotopic (exact) mass is 272 g/mol. The van der Waals surface area contributed by atoms with Crippen LogP contribution in [0.1, 0.15) is 38.4 Å². The van der Waals surface area contributed by atoms with Gasteiger partial charge in [0, 0.05) is 23.3 Å². The second-order valence-electron chi connectivity index (χ2n) is 4.94. The number of ether oxygens (including phenoxy) is 1. The van der Waals surface area contributed by atoms with Crippen LogP contribution >= 0.6 is 0 Å². The summed E-state index contributed by atoms with van der Waals surface area (Å²) in [4.78, 5) is 4.72. The molecule has 0 bridgehead atoms. The molecule has 0 aliphatic heterocycles. The van der Waals surface area contributed by atoms with Gasteiger partial charge in [0.1, 0.15) is 5.75 Å². The van der Waals surface area contributed by atoms with Crippen molar-refractivity contribution >= 4 is 16.6 Å². The molecule has 2 rings (SSSR count). The number of fused-ring (bicyclic) bond motifs is 1. The van der Waals surface area contributed by atoms with Gasteiger partial charge in [-0.3, -0.25) is 4.98 Å². The lowest BCUT2D eigenvalue weighted by Gasteiger charge is -2.16. The Morgan fingerprint density at radius 1 is 1.20 bits per heavy atom. The predicted molar refractivity (Wildman–Crippen MR) is 85.8 cm³/mol. The third-order valence-electron chi connectivity index (χ3n) is 3.48. The summed E-state index contributed by atoms with van der Waals surface area (Å²) in [5, 5.41) is 4.73. The quantitative estimate of drug-likeness (QED) is 0.850. The number of hydrogen-bond donors (Lipinski definition) is 1. The molecule has 0 aliphatic rings. The molecule has 0 saturated heterocycles. The SMILES string of the molecule is CCCNc1c(CC)c(C)nc2ccc(OCC)cc12. The van der Waals surface area contributed by atoms with E-state index in [1.165, 1.54) is 11.3 Å². The van der Waals surface area contributed by atoms with Gasteiger partial charge in [0.25, 0.3) is 0 Å². The van der Waals surface area contributed by atoms with E-state index < -0.39 is 0 Å². The van der Waals surface area contributed by atoms with Gasteiger partial charge in [-0.1, -0.05) is 13.8 Å². The molecule has 1 aromatic heterocycles. The molecular weight excluding hydrogens is 248 g/mol. The van der Waals surface area contributed by atoms with Crippen LogP contribution in [0.5, 0.6) is 5.75 Å². The Morgan fingerprint density at radius 3 is 2.65 bits per heavy atom. The number of aromatic nitrogens is 1. The summed E-state index contributed by atoms with van der Waals surface area (Å²) in [7, 11) is 0. The normalized spacial score (nSPS) is 10.8. The smallest absolute Gasteiger partial charge is 0.120 e. The van der Waals surface area contributed by atoms with Crippen molar-refractivity contribution in [2.45, 2.75) is 40.5 Å². The molecular formula is C17H24N2O. The maximum atomic E-state index is 5.62. The fourth-order valence-electron chi connectivity index (χ4n) is 2.55. The van der Waals surface area contributed by atoms with Crippen LogP contribution in [0.4, 0.5) is 5.69 Å². The summed E-state index contributed by atoms with van der Waals surface area (Å²) in [5.41, 5.74) is 4.67. The topological polar surface area (TPSA) is 34.2 Å². The van der Waals surface area contributed by atoms with Crippen molar-refractivity contribution in [2.75, 3.05) is 18.5 Å². The minimum Gasteiger partial charge on any atom is -0.494 e. The lowest BCUT2D eigenvalue weighted by molar-refractivity contribution is 0.340. The highest BCUT2D eigenvalue weighted by Gasteiger charge is 2.11. The van der Waals surface area contributed by atoms with Crippen molar-refractivity contribution in [2.24, 2.45) is 0 Å². The zero-order chi connectivity index (χ0) is 14.5. The molecule has 2 aromatic rings. The Morgan fingerprint density at radius 2 is 2.00 bits per heavy atom. The number of anilines is 1. The second kappa shape index (κ2) is 6.60. The fourth-order valence-corrected chi connectivity index (χ4v) is 2.55. The molecule has 0 amide bonds. The van der Waals surface area contributed by atoms with Gasteiger partial charge in [0.05, 0.1) is 12.1 Å². The van der Waals surface area contributed by atoms with Gasteiger partial charge in [-0.2, -0.15) is 0 Å². The molecule has 20 heavy (non-hydrogen) atoms. The molecule has 3 heteroatoms. The molecule has 0 spiro atoms. The summed E-state index contributed by atoms with van der Waals surface area (Å²) in [6.07, 6.45) is 2.09. The van der Waals surface area contributed by atoms with E-state index in [-0.39, 0.29) is 0 Å². The van der Waals surface area contributed by atoms with Gasteiger partial charge < -0.3 is 10.1 Å². The number of pyridine rings is 1. The Kier molecular flexibility index (Phi) is 4.83. The minimum atomic E-state index is 0.684. The maximum Gasteiger partial charge on any atom is 0.120 e. The molecule has 0 unspecified atom stereocenters. The lowest BCUT2D eigenvalue weighted by Crippen LogP contribution is -2.06. The van der Waals surface area contributed by atoms with Crippen molar-refractivity contribution in [1.29, 1.82) is 0 Å². The highest BCUT2D eigenvalue weighted by atomic mass is 16.5. The minimum absolute atomic E-state index is 0.684. The number of hydrogen-bond acceptors (Lipinski definition) is 3. The van der Waals surface area contributed by atoms with Gasteiger partial charge in [-0.25, -0.2) is 0 Å². The molecule has 0 saturated carbocycles. The van der Waals surface area contributed by atoms with Crippen LogP contribution in [0, 0.1) is 6.92 Å². The highest BCUT2D eigenvalue weighted by Crippen LogP contribution is 2.31. The van der Waals surface area contributed by atoms with E-state index in [0.717, 1.165) is 41.7 Å². The zero-order valence-corrected chi connectivity index (χ0v) is 12.9. The van der Waals surface area contributed by atoms with Crippen LogP contribution in [-0.4, -0.2) is 18.1 Å². The average molecular weight is 272 g/mol. The van der Waals surface area contributed by atoms with E-state index in [0.29, 0.717) is 6.61 Å². The lowest BCUT2D eigenvalue weighted by atomic mass is 10.0. The number of rotatable bonds is 6. The van der Waals surface area contributed by atoms with E-state index in [1.54, 1.807) is 0 Å². The van der Waals surface area contributed by atoms with Crippen LogP contribution in [-0.2, 0) is 6.42 Å². The van der Waals surface area contributed by atoms with E-state index in [4.69, 9.17) is 9.72 Å². The highest BCUT2D eigenvalue weighted by molar-refractivity contribution is 5.94. The standard InChI is InChI=1S/C17H24N2O/c1-5-10-18-17-14(6-2)12(4)19-16-9-8-13(20-7-3)11-15(16)17/h8-9,11H,5-7,10H2,1-4H3,(H,18,19). The average Bonchev–Trinajstić information content (AvgIpc) is 2.45. The van der Waals surface area contributed by atoms with Gasteiger partial charge in [-0.05, 0) is 50.5 Å². The summed E-state index contributed by atoms with van der Waals surface area (Å²) in [6.45, 7) is 10.1. The Bertz CT molecular complexity index is 593. The third kappa shape index (κ3) is 2.87. The van der Waals surface area contributed by atoms with E-state index >= 15 is 0 Å². The van der Waals surface area contributed by atoms with Crippen LogP contribution in [0.15, 0.2) is 18.2 Å². The van der Waals surface area contributed by atoms with Crippen LogP contribution in [0.3, 0.4) is 0 Å². The van der Waals surface area contributed by atoms with E-state index in [9.17, 15) is 0 Å². The van der Waals surface area contributed by atoms with Gasteiger partial charge in [0.2, 0.25) is 0 Å². The third-order valence-corrected chi connectivity index (χ3v) is 3.48. The first-order chi connectivity index (χ1) is 9.71. The maximum absolute atomic E-state index is 5.62. The number of nitrogens with one attached hydrogen (secondary N) is 1. The molecule has 1 aromatic carbocycles. The second-order valence-corrected chi connectivity index (χ2v) is 4.94. The van der Waals surface area contributed by atoms with Gasteiger partial charge in [-0.15, -0.1) is 0 Å². The summed E-state index contributed by atoms with van der Waals surface area (Å²) in [5.74, 6) is 0.909. The first-order valence-corrected chi connectivity index (χ1v) is 7.51. The Balaban J connectivity index is 2.61. The first-order valence-electron chi connectivity index (χ1n) is 7.51. The number of aryl methyl sites for hydroxylation is 1. The summed E-state index contributed by atoms with van der Waals surface area (Å²) < 4.78 is 5.62. The van der Waals surface area contributed by atoms with Gasteiger partial charge in [0.15, 0.2) is 0 Å². The van der Waals surface area contributed by atoms with E-state index in [1.807, 2.05) is 19.1 Å². The molecule has 1 N–H and O–H groups in total. The van der Waals surface area contributed by atoms with Crippen LogP contribution < -0.4 is 10.1 Å². The zero-order valence-electron chi connectivity index (χ0n) is 12.9. The van der Waals surface area contributed by atoms with Crippen molar-refractivity contribution < 1.29 is 4.74 Å². The van der Waals surface area contributed by atoms with E-state index in [2.05, 4.69) is 32.2 Å². The van der Waals surface area contributed by atoms with Crippen LogP contribution in [0.2, 0.25) is 0 Å². The van der Waals surface area contributed by atoms with Crippen molar-refractivity contribution in [3.05, 3.63) is 29.5 Å². The predicted octanol–water partition coefficient (Wildman–Crippen LogP) is 4.33. The Labute approximate surface area is 121 Å². The molecule has 108 valence electrons. The van der Waals surface area contributed by atoms with Crippen molar-refractivity contribution in [3.8, 4) is 5.75 Å². The number of benzene rings is 1. The summed E-state index contributed by atoms with van der Waals surface area (Å²) >= 11 is 0. The fraction of sp³-hybridized carbons (Fsp3) is 0.471. The number of nitrogens with zero attached hydrogens (tertiary/aromatic N) is 1. The van der Waals surface area contributed by atoms with Crippen LogP contribution in [0.25, 0.3) is 10.9 Å². The molecule has 0 fully saturated rings. The molecule has 3 nitrogen and oxygen atoms in total. The molecule has 0 aliphatic carbocycles. The van der Waals surface area contributed by atoms with Gasteiger partial charge >= 0.3 is 0 Å².